The second-order valence-corrected chi connectivity index (χ2v) is 4.53. The Morgan fingerprint density at radius 1 is 1.19 bits per heavy atom. The van der Waals surface area contributed by atoms with Crippen LogP contribution in [0.2, 0.25) is 0 Å². The van der Waals surface area contributed by atoms with Crippen molar-refractivity contribution in [2.75, 3.05) is 20.8 Å². The molecular weight excluding hydrogens is 274 g/mol. The quantitative estimate of drug-likeness (QED) is 0.676. The summed E-state index contributed by atoms with van der Waals surface area (Å²) in [6, 6.07) is 5.45. The second-order valence-electron chi connectivity index (χ2n) is 4.53. The van der Waals surface area contributed by atoms with Gasteiger partial charge >= 0.3 is 5.97 Å². The molecule has 0 radical (unpaired) electrons. The van der Waals surface area contributed by atoms with Gasteiger partial charge in [0.25, 0.3) is 0 Å². The van der Waals surface area contributed by atoms with Crippen LogP contribution in [0.1, 0.15) is 24.8 Å². The van der Waals surface area contributed by atoms with Crippen LogP contribution in [0.4, 0.5) is 0 Å². The maximum atomic E-state index is 11.7. The highest BCUT2D eigenvalue weighted by atomic mass is 16.5. The average Bonchev–Trinajstić information content (AvgIpc) is 2.48. The van der Waals surface area contributed by atoms with E-state index in [0.29, 0.717) is 31.6 Å². The van der Waals surface area contributed by atoms with E-state index in [9.17, 15) is 9.59 Å². The minimum absolute atomic E-state index is 0.0595. The number of amides is 1. The number of methoxy groups -OCH3 is 2. The first-order valence-electron chi connectivity index (χ1n) is 6.76. The van der Waals surface area contributed by atoms with Crippen LogP contribution in [0.25, 0.3) is 0 Å². The van der Waals surface area contributed by atoms with Crippen LogP contribution in [-0.4, -0.2) is 37.7 Å². The SMILES string of the molecule is COc1ccc(OC)c(CCC(=O)NCCCC(=O)O)c1. The van der Waals surface area contributed by atoms with Crippen LogP contribution >= 0.6 is 0 Å². The van der Waals surface area contributed by atoms with Crippen molar-refractivity contribution in [1.29, 1.82) is 0 Å². The Balaban J connectivity index is 2.43. The Bertz CT molecular complexity index is 487. The molecule has 1 amide bonds. The summed E-state index contributed by atoms with van der Waals surface area (Å²) in [7, 11) is 3.16. The van der Waals surface area contributed by atoms with Crippen LogP contribution in [-0.2, 0) is 16.0 Å². The third kappa shape index (κ3) is 6.16. The van der Waals surface area contributed by atoms with E-state index in [1.807, 2.05) is 6.07 Å². The molecule has 0 heterocycles. The maximum absolute atomic E-state index is 11.7. The number of aryl methyl sites for hydroxylation is 1. The van der Waals surface area contributed by atoms with Gasteiger partial charge in [-0.25, -0.2) is 0 Å². The van der Waals surface area contributed by atoms with Gasteiger partial charge < -0.3 is 19.9 Å². The Morgan fingerprint density at radius 3 is 2.57 bits per heavy atom. The number of rotatable bonds is 9. The molecule has 0 atom stereocenters. The summed E-state index contributed by atoms with van der Waals surface area (Å²) in [6.07, 6.45) is 1.34. The van der Waals surface area contributed by atoms with Gasteiger partial charge in [-0.05, 0) is 36.6 Å². The van der Waals surface area contributed by atoms with E-state index in [4.69, 9.17) is 14.6 Å². The molecule has 21 heavy (non-hydrogen) atoms. The van der Waals surface area contributed by atoms with Gasteiger partial charge in [-0.15, -0.1) is 0 Å². The highest BCUT2D eigenvalue weighted by Gasteiger charge is 2.08. The number of hydrogen-bond acceptors (Lipinski definition) is 4. The number of nitrogens with one attached hydrogen (secondary N) is 1. The normalized spacial score (nSPS) is 10.0. The molecule has 0 unspecified atom stereocenters. The number of aliphatic carboxylic acids is 1. The summed E-state index contributed by atoms with van der Waals surface area (Å²) in [5.74, 6) is 0.470. The topological polar surface area (TPSA) is 84.9 Å². The molecule has 1 aromatic rings. The van der Waals surface area contributed by atoms with Gasteiger partial charge in [-0.1, -0.05) is 0 Å². The first kappa shape index (κ1) is 16.8. The summed E-state index contributed by atoms with van der Waals surface area (Å²) >= 11 is 0. The Labute approximate surface area is 124 Å². The van der Waals surface area contributed by atoms with Crippen molar-refractivity contribution in [3.63, 3.8) is 0 Å². The predicted octanol–water partition coefficient (Wildman–Crippen LogP) is 1.62. The van der Waals surface area contributed by atoms with Gasteiger partial charge in [0.05, 0.1) is 14.2 Å². The standard InChI is InChI=1S/C15H21NO5/c1-20-12-6-7-13(21-2)11(10-12)5-8-14(17)16-9-3-4-15(18)19/h6-7,10H,3-5,8-9H2,1-2H3,(H,16,17)(H,18,19). The Hall–Kier alpha value is -2.24. The van der Waals surface area contributed by atoms with E-state index >= 15 is 0 Å². The highest BCUT2D eigenvalue weighted by Crippen LogP contribution is 2.24. The van der Waals surface area contributed by atoms with E-state index in [-0.39, 0.29) is 12.3 Å². The van der Waals surface area contributed by atoms with Crippen LogP contribution in [0, 0.1) is 0 Å². The summed E-state index contributed by atoms with van der Waals surface area (Å²) in [6.45, 7) is 0.375. The van der Waals surface area contributed by atoms with Crippen molar-refractivity contribution in [3.8, 4) is 11.5 Å². The first-order valence-corrected chi connectivity index (χ1v) is 6.76. The number of carbonyl (C=O) groups is 2. The van der Waals surface area contributed by atoms with Crippen molar-refractivity contribution in [1.82, 2.24) is 5.32 Å². The fourth-order valence-electron chi connectivity index (χ4n) is 1.88. The maximum Gasteiger partial charge on any atom is 0.303 e. The van der Waals surface area contributed by atoms with Gasteiger partial charge in [0.1, 0.15) is 11.5 Å². The Morgan fingerprint density at radius 2 is 1.95 bits per heavy atom. The lowest BCUT2D eigenvalue weighted by Crippen LogP contribution is -2.25. The van der Waals surface area contributed by atoms with Crippen molar-refractivity contribution in [3.05, 3.63) is 23.8 Å². The van der Waals surface area contributed by atoms with Gasteiger partial charge in [0, 0.05) is 19.4 Å². The van der Waals surface area contributed by atoms with E-state index in [2.05, 4.69) is 5.32 Å². The van der Waals surface area contributed by atoms with Crippen LogP contribution in [0.15, 0.2) is 18.2 Å². The first-order chi connectivity index (χ1) is 10.1. The molecule has 1 aromatic carbocycles. The molecule has 0 spiro atoms. The van der Waals surface area contributed by atoms with Crippen LogP contribution < -0.4 is 14.8 Å². The third-order valence-corrected chi connectivity index (χ3v) is 3.00. The van der Waals surface area contributed by atoms with E-state index in [1.165, 1.54) is 0 Å². The smallest absolute Gasteiger partial charge is 0.303 e. The lowest BCUT2D eigenvalue weighted by atomic mass is 10.1. The summed E-state index contributed by atoms with van der Waals surface area (Å²) < 4.78 is 10.4. The molecule has 0 fully saturated rings. The molecule has 6 heteroatoms. The molecule has 0 aliphatic carbocycles. The summed E-state index contributed by atoms with van der Waals surface area (Å²) in [5, 5.41) is 11.2. The van der Waals surface area contributed by atoms with Crippen molar-refractivity contribution in [2.24, 2.45) is 0 Å². The lowest BCUT2D eigenvalue weighted by Gasteiger charge is -2.10. The summed E-state index contributed by atoms with van der Waals surface area (Å²) in [5.41, 5.74) is 0.900. The number of hydrogen-bond donors (Lipinski definition) is 2. The molecule has 6 nitrogen and oxygen atoms in total. The molecule has 0 aromatic heterocycles. The zero-order chi connectivity index (χ0) is 15.7. The number of carbonyl (C=O) groups excluding carboxylic acids is 1. The fourth-order valence-corrected chi connectivity index (χ4v) is 1.88. The van der Waals surface area contributed by atoms with Crippen molar-refractivity contribution in [2.45, 2.75) is 25.7 Å². The fraction of sp³-hybridized carbons (Fsp3) is 0.467. The number of ether oxygens (including phenoxy) is 2. The van der Waals surface area contributed by atoms with Gasteiger partial charge in [-0.3, -0.25) is 9.59 Å². The molecule has 0 aliphatic rings. The van der Waals surface area contributed by atoms with Gasteiger partial charge in [-0.2, -0.15) is 0 Å². The van der Waals surface area contributed by atoms with Crippen LogP contribution in [0.3, 0.4) is 0 Å². The minimum Gasteiger partial charge on any atom is -0.497 e. The Kier molecular flexibility index (Phi) is 7.08. The van der Waals surface area contributed by atoms with Crippen molar-refractivity contribution < 1.29 is 24.2 Å². The van der Waals surface area contributed by atoms with Crippen LogP contribution in [0.5, 0.6) is 11.5 Å². The van der Waals surface area contributed by atoms with E-state index in [0.717, 1.165) is 11.3 Å². The number of benzene rings is 1. The largest absolute Gasteiger partial charge is 0.497 e. The molecule has 0 saturated carbocycles. The van der Waals surface area contributed by atoms with Gasteiger partial charge in [0.15, 0.2) is 0 Å². The lowest BCUT2D eigenvalue weighted by molar-refractivity contribution is -0.137. The molecule has 2 N–H and O–H groups in total. The molecule has 1 rings (SSSR count). The molecular formula is C15H21NO5. The highest BCUT2D eigenvalue weighted by molar-refractivity contribution is 5.76. The molecule has 0 aliphatic heterocycles. The monoisotopic (exact) mass is 295 g/mol. The number of carboxylic acid groups (broad SMARTS) is 1. The van der Waals surface area contributed by atoms with E-state index < -0.39 is 5.97 Å². The number of carboxylic acids is 1. The zero-order valence-corrected chi connectivity index (χ0v) is 12.3. The second kappa shape index (κ2) is 8.84. The summed E-state index contributed by atoms with van der Waals surface area (Å²) in [4.78, 5) is 22.0. The minimum atomic E-state index is -0.856. The molecule has 0 saturated heterocycles. The van der Waals surface area contributed by atoms with E-state index in [1.54, 1.807) is 26.4 Å². The average molecular weight is 295 g/mol. The molecule has 0 bridgehead atoms. The molecule has 116 valence electrons. The van der Waals surface area contributed by atoms with Crippen molar-refractivity contribution >= 4 is 11.9 Å². The van der Waals surface area contributed by atoms with Gasteiger partial charge in [0.2, 0.25) is 5.91 Å². The third-order valence-electron chi connectivity index (χ3n) is 3.00. The predicted molar refractivity (Wildman–Crippen MR) is 77.7 cm³/mol. The zero-order valence-electron chi connectivity index (χ0n) is 12.3.